The minimum Gasteiger partial charge on any atom is -0.354 e. The maximum atomic E-state index is 13.8. The van der Waals surface area contributed by atoms with Crippen molar-refractivity contribution in [2.75, 3.05) is 12.4 Å². The van der Waals surface area contributed by atoms with Crippen LogP contribution < -0.4 is 5.32 Å². The number of aryl methyl sites for hydroxylation is 1. The van der Waals surface area contributed by atoms with E-state index in [2.05, 4.69) is 10.3 Å². The van der Waals surface area contributed by atoms with Crippen molar-refractivity contribution in [2.45, 2.75) is 25.3 Å². The Morgan fingerprint density at radius 1 is 1.48 bits per heavy atom. The monoisotopic (exact) mass is 329 g/mol. The topological polar surface area (TPSA) is 46.9 Å². The molecule has 4 nitrogen and oxygen atoms in total. The summed E-state index contributed by atoms with van der Waals surface area (Å²) in [6.45, 7) is 0.674. The van der Waals surface area contributed by atoms with Crippen molar-refractivity contribution < 1.29 is 9.18 Å². The van der Waals surface area contributed by atoms with Crippen LogP contribution >= 0.6 is 23.2 Å². The maximum Gasteiger partial charge on any atom is 0.243 e. The molecule has 1 aliphatic rings. The van der Waals surface area contributed by atoms with E-state index in [-0.39, 0.29) is 17.0 Å². The summed E-state index contributed by atoms with van der Waals surface area (Å²) in [7, 11) is 0. The molecule has 0 radical (unpaired) electrons. The molecular weight excluding hydrogens is 316 g/mol. The first kappa shape index (κ1) is 14.6. The summed E-state index contributed by atoms with van der Waals surface area (Å²) in [6.07, 6.45) is 2.10. The van der Waals surface area contributed by atoms with Gasteiger partial charge in [-0.15, -0.1) is 11.6 Å². The summed E-state index contributed by atoms with van der Waals surface area (Å²) in [5.41, 5.74) is 1.17. The third-order valence-electron chi connectivity index (χ3n) is 3.69. The second kappa shape index (κ2) is 5.81. The van der Waals surface area contributed by atoms with E-state index in [0.717, 1.165) is 6.42 Å². The Kier molecular flexibility index (Phi) is 4.04. The number of fused-ring (bicyclic) bond motifs is 1. The Morgan fingerprint density at radius 2 is 2.29 bits per heavy atom. The van der Waals surface area contributed by atoms with Crippen molar-refractivity contribution in [3.8, 4) is 0 Å². The average Bonchev–Trinajstić information content (AvgIpc) is 2.78. The lowest BCUT2D eigenvalue weighted by molar-refractivity contribution is -0.125. The molecular formula is C14H14Cl2FN3O. The van der Waals surface area contributed by atoms with Gasteiger partial charge in [0, 0.05) is 24.9 Å². The van der Waals surface area contributed by atoms with Gasteiger partial charge in [0.1, 0.15) is 17.7 Å². The van der Waals surface area contributed by atoms with Crippen LogP contribution in [0.1, 0.15) is 24.7 Å². The lowest BCUT2D eigenvalue weighted by Gasteiger charge is -2.25. The van der Waals surface area contributed by atoms with Crippen molar-refractivity contribution in [1.82, 2.24) is 14.9 Å². The van der Waals surface area contributed by atoms with Gasteiger partial charge >= 0.3 is 0 Å². The van der Waals surface area contributed by atoms with E-state index in [1.54, 1.807) is 4.57 Å². The molecule has 1 amide bonds. The van der Waals surface area contributed by atoms with Gasteiger partial charge < -0.3 is 9.88 Å². The fourth-order valence-electron chi connectivity index (χ4n) is 2.75. The zero-order chi connectivity index (χ0) is 15.0. The van der Waals surface area contributed by atoms with Crippen LogP contribution in [0.4, 0.5) is 4.39 Å². The summed E-state index contributed by atoms with van der Waals surface area (Å²) in [5, 5.41) is 2.87. The number of nitrogens with one attached hydrogen (secondary N) is 1. The van der Waals surface area contributed by atoms with E-state index in [0.29, 0.717) is 42.1 Å². The van der Waals surface area contributed by atoms with E-state index in [1.807, 2.05) is 0 Å². The second-order valence-corrected chi connectivity index (χ2v) is 5.83. The largest absolute Gasteiger partial charge is 0.354 e. The highest BCUT2D eigenvalue weighted by molar-refractivity contribution is 6.31. The number of amides is 1. The maximum absolute atomic E-state index is 13.8. The Morgan fingerprint density at radius 3 is 3.00 bits per heavy atom. The third-order valence-corrected chi connectivity index (χ3v) is 4.17. The SMILES string of the molecule is O=C1NCCCC1n1c(CCCl)nc2cc(Cl)c(F)cc21. The highest BCUT2D eigenvalue weighted by atomic mass is 35.5. The van der Waals surface area contributed by atoms with Crippen LogP contribution in [0.15, 0.2) is 12.1 Å². The molecule has 1 aromatic heterocycles. The number of carbonyl (C=O) groups is 1. The van der Waals surface area contributed by atoms with Gasteiger partial charge in [0.15, 0.2) is 0 Å². The number of nitrogens with zero attached hydrogens (tertiary/aromatic N) is 2. The standard InChI is InChI=1S/C14H14Cl2FN3O/c15-4-3-13-19-10-6-8(16)9(17)7-12(10)20(13)11-2-1-5-18-14(11)21/h6-7,11H,1-5H2,(H,18,21). The molecule has 2 heterocycles. The number of carbonyl (C=O) groups excluding carboxylic acids is 1. The first-order valence-corrected chi connectivity index (χ1v) is 7.72. The van der Waals surface area contributed by atoms with Gasteiger partial charge in [-0.05, 0) is 18.9 Å². The number of benzene rings is 1. The molecule has 1 N–H and O–H groups in total. The molecule has 0 spiro atoms. The van der Waals surface area contributed by atoms with E-state index >= 15 is 0 Å². The zero-order valence-electron chi connectivity index (χ0n) is 11.2. The molecule has 7 heteroatoms. The van der Waals surface area contributed by atoms with Crippen molar-refractivity contribution in [3.63, 3.8) is 0 Å². The lowest BCUT2D eigenvalue weighted by atomic mass is 10.1. The molecule has 1 saturated heterocycles. The summed E-state index contributed by atoms with van der Waals surface area (Å²) < 4.78 is 15.6. The van der Waals surface area contributed by atoms with Gasteiger partial charge in [0.25, 0.3) is 0 Å². The van der Waals surface area contributed by atoms with Crippen LogP contribution in [0.2, 0.25) is 5.02 Å². The quantitative estimate of drug-likeness (QED) is 0.880. The molecule has 112 valence electrons. The summed E-state index contributed by atoms with van der Waals surface area (Å²) in [5.74, 6) is 0.489. The van der Waals surface area contributed by atoms with Crippen LogP contribution in [0.5, 0.6) is 0 Å². The van der Waals surface area contributed by atoms with Gasteiger partial charge in [0.2, 0.25) is 5.91 Å². The fourth-order valence-corrected chi connectivity index (χ4v) is 3.08. The minimum absolute atomic E-state index is 0.0256. The summed E-state index contributed by atoms with van der Waals surface area (Å²) >= 11 is 11.6. The highest BCUT2D eigenvalue weighted by Gasteiger charge is 2.28. The molecule has 21 heavy (non-hydrogen) atoms. The second-order valence-electron chi connectivity index (χ2n) is 5.04. The Hall–Kier alpha value is -1.33. The predicted molar refractivity (Wildman–Crippen MR) is 80.4 cm³/mol. The van der Waals surface area contributed by atoms with Crippen LogP contribution in [-0.2, 0) is 11.2 Å². The molecule has 0 aliphatic carbocycles. The molecule has 1 unspecified atom stereocenters. The zero-order valence-corrected chi connectivity index (χ0v) is 12.7. The van der Waals surface area contributed by atoms with Gasteiger partial charge in [-0.3, -0.25) is 4.79 Å². The number of hydrogen-bond acceptors (Lipinski definition) is 2. The van der Waals surface area contributed by atoms with Gasteiger partial charge in [-0.25, -0.2) is 9.37 Å². The van der Waals surface area contributed by atoms with Crippen LogP contribution in [0.25, 0.3) is 11.0 Å². The minimum atomic E-state index is -0.515. The first-order valence-electron chi connectivity index (χ1n) is 6.81. The molecule has 3 rings (SSSR count). The highest BCUT2D eigenvalue weighted by Crippen LogP contribution is 2.29. The molecule has 1 fully saturated rings. The van der Waals surface area contributed by atoms with Crippen molar-refractivity contribution in [3.05, 3.63) is 28.8 Å². The van der Waals surface area contributed by atoms with Gasteiger partial charge in [0.05, 0.1) is 16.1 Å². The normalized spacial score (nSPS) is 19.0. The first-order chi connectivity index (χ1) is 10.1. The van der Waals surface area contributed by atoms with Crippen molar-refractivity contribution >= 4 is 40.1 Å². The number of rotatable bonds is 3. The van der Waals surface area contributed by atoms with Crippen LogP contribution in [0.3, 0.4) is 0 Å². The number of alkyl halides is 1. The van der Waals surface area contributed by atoms with E-state index < -0.39 is 5.82 Å². The van der Waals surface area contributed by atoms with Gasteiger partial charge in [-0.2, -0.15) is 0 Å². The Balaban J connectivity index is 2.19. The smallest absolute Gasteiger partial charge is 0.243 e. The van der Waals surface area contributed by atoms with Crippen molar-refractivity contribution in [1.29, 1.82) is 0 Å². The Bertz CT molecular complexity index is 701. The number of aromatic nitrogens is 2. The van der Waals surface area contributed by atoms with Crippen LogP contribution in [-0.4, -0.2) is 27.9 Å². The molecule has 1 aromatic carbocycles. The fraction of sp³-hybridized carbons (Fsp3) is 0.429. The van der Waals surface area contributed by atoms with Crippen molar-refractivity contribution in [2.24, 2.45) is 0 Å². The molecule has 1 atom stereocenters. The number of hydrogen-bond donors (Lipinski definition) is 1. The van der Waals surface area contributed by atoms with E-state index in [9.17, 15) is 9.18 Å². The molecule has 0 bridgehead atoms. The summed E-state index contributed by atoms with van der Waals surface area (Å²) in [6, 6.07) is 2.45. The lowest BCUT2D eigenvalue weighted by Crippen LogP contribution is -2.38. The van der Waals surface area contributed by atoms with E-state index in [1.165, 1.54) is 12.1 Å². The summed E-state index contributed by atoms with van der Waals surface area (Å²) in [4.78, 5) is 16.6. The average molecular weight is 330 g/mol. The number of imidazole rings is 1. The van der Waals surface area contributed by atoms with Gasteiger partial charge in [-0.1, -0.05) is 11.6 Å². The predicted octanol–water partition coefficient (Wildman–Crippen LogP) is 3.06. The molecule has 0 saturated carbocycles. The number of piperidine rings is 1. The third kappa shape index (κ3) is 2.60. The molecule has 2 aromatic rings. The Labute approximate surface area is 131 Å². The van der Waals surface area contributed by atoms with E-state index in [4.69, 9.17) is 23.2 Å². The van der Waals surface area contributed by atoms with Crippen LogP contribution in [0, 0.1) is 5.82 Å². The molecule has 1 aliphatic heterocycles. The number of halogens is 3.